The van der Waals surface area contributed by atoms with Crippen molar-refractivity contribution in [2.45, 2.75) is 0 Å². The molecular formula is C13H6FNO3. The van der Waals surface area contributed by atoms with E-state index in [1.165, 1.54) is 0 Å². The molecule has 18 heavy (non-hydrogen) atoms. The first kappa shape index (κ1) is 10.6. The average Bonchev–Trinajstić information content (AvgIpc) is 2.68. The zero-order valence-electron chi connectivity index (χ0n) is 9.01. The van der Waals surface area contributed by atoms with Crippen LogP contribution in [0.25, 0.3) is 11.6 Å². The minimum absolute atomic E-state index is 0.185. The molecule has 0 amide bonds. The summed E-state index contributed by atoms with van der Waals surface area (Å²) in [5, 5.41) is 10.7. The Hall–Kier alpha value is -2.56. The molecule has 3 rings (SSSR count). The first-order valence-corrected chi connectivity index (χ1v) is 5.21. The molecule has 88 valence electrons. The number of fused-ring (bicyclic) bond motifs is 3. The Morgan fingerprint density at radius 3 is 2.56 bits per heavy atom. The van der Waals surface area contributed by atoms with Gasteiger partial charge >= 0.3 is 5.70 Å². The molecule has 0 radical (unpaired) electrons. The minimum Gasteiger partial charge on any atom is -0.281 e. The van der Waals surface area contributed by atoms with Gasteiger partial charge in [-0.3, -0.25) is 14.9 Å². The standard InChI is InChI=1S/C13H6FNO3/c14-11-6-9-8-4-2-1-3-7(8)5-10(9)13(16)12(11)15(17)18/h1-6H. The number of hydrogen-bond acceptors (Lipinski definition) is 3. The largest absolute Gasteiger partial charge is 0.352 e. The molecule has 0 heterocycles. The summed E-state index contributed by atoms with van der Waals surface area (Å²) in [6.07, 6.45) is 2.61. The molecule has 0 unspecified atom stereocenters. The molecule has 0 fully saturated rings. The number of carbonyl (C=O) groups is 1. The van der Waals surface area contributed by atoms with Gasteiger partial charge < -0.3 is 0 Å². The molecule has 0 atom stereocenters. The fraction of sp³-hybridized carbons (Fsp3) is 0. The Morgan fingerprint density at radius 2 is 1.83 bits per heavy atom. The summed E-state index contributed by atoms with van der Waals surface area (Å²) < 4.78 is 13.6. The van der Waals surface area contributed by atoms with E-state index in [0.717, 1.165) is 17.2 Å². The lowest BCUT2D eigenvalue weighted by Crippen LogP contribution is -2.17. The van der Waals surface area contributed by atoms with Crippen LogP contribution >= 0.6 is 0 Å². The van der Waals surface area contributed by atoms with E-state index in [1.54, 1.807) is 30.3 Å². The molecule has 0 aromatic heterocycles. The van der Waals surface area contributed by atoms with Gasteiger partial charge in [0.1, 0.15) is 0 Å². The second-order valence-corrected chi connectivity index (χ2v) is 3.99. The van der Waals surface area contributed by atoms with Crippen LogP contribution in [0.3, 0.4) is 0 Å². The first-order chi connectivity index (χ1) is 8.59. The number of rotatable bonds is 1. The summed E-state index contributed by atoms with van der Waals surface area (Å²) >= 11 is 0. The molecule has 1 aromatic carbocycles. The van der Waals surface area contributed by atoms with Crippen molar-refractivity contribution in [3.05, 3.63) is 68.7 Å². The Bertz CT molecular complexity index is 698. The molecule has 0 bridgehead atoms. The fourth-order valence-corrected chi connectivity index (χ4v) is 2.19. The van der Waals surface area contributed by atoms with Gasteiger partial charge in [-0.2, -0.15) is 4.39 Å². The van der Waals surface area contributed by atoms with Crippen LogP contribution in [-0.4, -0.2) is 10.7 Å². The number of allylic oxidation sites excluding steroid dienone is 4. The minimum atomic E-state index is -1.09. The van der Waals surface area contributed by atoms with Crippen LogP contribution in [0.2, 0.25) is 0 Å². The fourth-order valence-electron chi connectivity index (χ4n) is 2.19. The Morgan fingerprint density at radius 1 is 1.11 bits per heavy atom. The maximum absolute atomic E-state index is 13.6. The van der Waals surface area contributed by atoms with Gasteiger partial charge in [0.2, 0.25) is 5.83 Å². The van der Waals surface area contributed by atoms with E-state index in [0.29, 0.717) is 5.57 Å². The first-order valence-electron chi connectivity index (χ1n) is 5.21. The number of ketones is 1. The molecule has 4 nitrogen and oxygen atoms in total. The highest BCUT2D eigenvalue weighted by molar-refractivity contribution is 6.25. The highest BCUT2D eigenvalue weighted by Gasteiger charge is 2.38. The van der Waals surface area contributed by atoms with Crippen molar-refractivity contribution in [3.8, 4) is 0 Å². The lowest BCUT2D eigenvalue weighted by atomic mass is 9.94. The molecule has 0 N–H and O–H groups in total. The predicted molar refractivity (Wildman–Crippen MR) is 62.5 cm³/mol. The van der Waals surface area contributed by atoms with Crippen LogP contribution in [-0.2, 0) is 4.79 Å². The highest BCUT2D eigenvalue weighted by Crippen LogP contribution is 2.41. The van der Waals surface area contributed by atoms with Gasteiger partial charge in [0.15, 0.2) is 0 Å². The monoisotopic (exact) mass is 243 g/mol. The molecule has 2 aliphatic rings. The molecule has 0 aliphatic heterocycles. The van der Waals surface area contributed by atoms with Crippen LogP contribution in [0.4, 0.5) is 4.39 Å². The van der Waals surface area contributed by atoms with Crippen LogP contribution in [0.15, 0.2) is 47.4 Å². The Balaban J connectivity index is 2.25. The number of hydrogen-bond donors (Lipinski definition) is 0. The van der Waals surface area contributed by atoms with E-state index < -0.39 is 22.2 Å². The van der Waals surface area contributed by atoms with Crippen molar-refractivity contribution in [2.75, 3.05) is 0 Å². The summed E-state index contributed by atoms with van der Waals surface area (Å²) in [6.45, 7) is 0. The number of carbonyl (C=O) groups excluding carboxylic acids is 1. The summed E-state index contributed by atoms with van der Waals surface area (Å²) in [4.78, 5) is 21.6. The van der Waals surface area contributed by atoms with E-state index in [9.17, 15) is 19.3 Å². The smallest absolute Gasteiger partial charge is 0.281 e. The maximum atomic E-state index is 13.6. The quantitative estimate of drug-likeness (QED) is 0.562. The molecule has 5 heteroatoms. The Labute approximate surface area is 101 Å². The number of Topliss-reactive ketones (excluding diaryl/α,β-unsaturated/α-hetero) is 1. The molecule has 0 saturated carbocycles. The Kier molecular flexibility index (Phi) is 2.04. The van der Waals surface area contributed by atoms with Gasteiger partial charge in [-0.15, -0.1) is 0 Å². The van der Waals surface area contributed by atoms with Crippen molar-refractivity contribution >= 4 is 17.4 Å². The molecule has 0 spiro atoms. The van der Waals surface area contributed by atoms with E-state index in [1.807, 2.05) is 0 Å². The van der Waals surface area contributed by atoms with Crippen LogP contribution < -0.4 is 0 Å². The van der Waals surface area contributed by atoms with Crippen LogP contribution in [0.1, 0.15) is 11.1 Å². The summed E-state index contributed by atoms with van der Waals surface area (Å²) in [5.74, 6) is -1.96. The van der Waals surface area contributed by atoms with Crippen molar-refractivity contribution in [1.29, 1.82) is 0 Å². The third-order valence-corrected chi connectivity index (χ3v) is 2.98. The van der Waals surface area contributed by atoms with Gasteiger partial charge in [-0.1, -0.05) is 24.3 Å². The molecule has 2 aliphatic carbocycles. The van der Waals surface area contributed by atoms with Gasteiger partial charge in [0.05, 0.1) is 4.92 Å². The van der Waals surface area contributed by atoms with E-state index in [-0.39, 0.29) is 5.57 Å². The second-order valence-electron chi connectivity index (χ2n) is 3.99. The van der Waals surface area contributed by atoms with Gasteiger partial charge in [-0.25, -0.2) is 0 Å². The number of benzene rings is 1. The number of nitro groups is 1. The van der Waals surface area contributed by atoms with E-state index in [2.05, 4.69) is 0 Å². The van der Waals surface area contributed by atoms with E-state index >= 15 is 0 Å². The molecule has 1 aromatic rings. The second kappa shape index (κ2) is 3.46. The average molecular weight is 243 g/mol. The van der Waals surface area contributed by atoms with Crippen LogP contribution in [0, 0.1) is 10.1 Å². The topological polar surface area (TPSA) is 60.2 Å². The van der Waals surface area contributed by atoms with Crippen LogP contribution in [0.5, 0.6) is 0 Å². The molecular weight excluding hydrogens is 237 g/mol. The SMILES string of the molecule is O=C1C2=Cc3ccccc3C2=CC(F)=C1[N+](=O)[O-]. The van der Waals surface area contributed by atoms with Crippen molar-refractivity contribution < 1.29 is 14.1 Å². The zero-order chi connectivity index (χ0) is 12.9. The number of halogens is 1. The molecule has 0 saturated heterocycles. The van der Waals surface area contributed by atoms with E-state index in [4.69, 9.17) is 0 Å². The van der Waals surface area contributed by atoms with Crippen molar-refractivity contribution in [3.63, 3.8) is 0 Å². The lowest BCUT2D eigenvalue weighted by Gasteiger charge is -2.09. The zero-order valence-corrected chi connectivity index (χ0v) is 9.01. The lowest BCUT2D eigenvalue weighted by molar-refractivity contribution is -0.420. The van der Waals surface area contributed by atoms with Crippen molar-refractivity contribution in [1.82, 2.24) is 0 Å². The van der Waals surface area contributed by atoms with Gasteiger partial charge in [0.25, 0.3) is 5.78 Å². The predicted octanol–water partition coefficient (Wildman–Crippen LogP) is 2.51. The summed E-state index contributed by atoms with van der Waals surface area (Å²) in [5.41, 5.74) is 1.10. The van der Waals surface area contributed by atoms with Gasteiger partial charge in [-0.05, 0) is 28.9 Å². The van der Waals surface area contributed by atoms with Crippen molar-refractivity contribution in [2.24, 2.45) is 0 Å². The summed E-state index contributed by atoms with van der Waals surface area (Å²) in [6, 6.07) is 7.09. The normalized spacial score (nSPS) is 17.1. The highest BCUT2D eigenvalue weighted by atomic mass is 19.1. The van der Waals surface area contributed by atoms with Gasteiger partial charge in [0, 0.05) is 5.57 Å². The maximum Gasteiger partial charge on any atom is 0.352 e. The third-order valence-electron chi connectivity index (χ3n) is 2.98. The third kappa shape index (κ3) is 1.27. The summed E-state index contributed by atoms with van der Waals surface area (Å²) in [7, 11) is 0. The number of nitrogens with zero attached hydrogens (tertiary/aromatic N) is 1.